The van der Waals surface area contributed by atoms with Crippen LogP contribution in [0.3, 0.4) is 0 Å². The van der Waals surface area contributed by atoms with Gasteiger partial charge in [0.1, 0.15) is 0 Å². The summed E-state index contributed by atoms with van der Waals surface area (Å²) in [6, 6.07) is 0. The van der Waals surface area contributed by atoms with Crippen molar-refractivity contribution >= 4 is 27.7 Å². The Hall–Kier alpha value is -0.000000000000000111. The van der Waals surface area contributed by atoms with Crippen molar-refractivity contribution in [1.29, 1.82) is 0 Å². The van der Waals surface area contributed by atoms with E-state index in [9.17, 15) is 0 Å². The molecule has 0 aliphatic carbocycles. The highest BCUT2D eigenvalue weighted by Crippen LogP contribution is 2.37. The van der Waals surface area contributed by atoms with Gasteiger partial charge >= 0.3 is 0 Å². The zero-order valence-corrected chi connectivity index (χ0v) is 14.5. The van der Waals surface area contributed by atoms with Gasteiger partial charge in [0.15, 0.2) is 0 Å². The SMILES string of the molecule is CCc1nn(CC)c(CNCC2(C)CCCS2)c1Br. The van der Waals surface area contributed by atoms with E-state index in [0.717, 1.165) is 26.1 Å². The van der Waals surface area contributed by atoms with Gasteiger partial charge in [0.05, 0.1) is 15.9 Å². The lowest BCUT2D eigenvalue weighted by molar-refractivity contribution is 0.516. The van der Waals surface area contributed by atoms with Crippen molar-refractivity contribution in [2.45, 2.75) is 57.9 Å². The number of aryl methyl sites for hydroxylation is 2. The van der Waals surface area contributed by atoms with Gasteiger partial charge in [0, 0.05) is 24.4 Å². The smallest absolute Gasteiger partial charge is 0.0767 e. The predicted octanol–water partition coefficient (Wildman–Crippen LogP) is 3.60. The van der Waals surface area contributed by atoms with E-state index in [-0.39, 0.29) is 0 Å². The van der Waals surface area contributed by atoms with E-state index in [1.807, 2.05) is 0 Å². The summed E-state index contributed by atoms with van der Waals surface area (Å²) in [5.74, 6) is 1.31. The van der Waals surface area contributed by atoms with Crippen molar-refractivity contribution in [2.75, 3.05) is 12.3 Å². The van der Waals surface area contributed by atoms with Crippen LogP contribution in [0.2, 0.25) is 0 Å². The van der Waals surface area contributed by atoms with E-state index in [2.05, 4.69) is 63.6 Å². The summed E-state index contributed by atoms with van der Waals surface area (Å²) in [6.07, 6.45) is 3.67. The van der Waals surface area contributed by atoms with Gasteiger partial charge in [-0.05, 0) is 54.8 Å². The molecule has 5 heteroatoms. The number of rotatable bonds is 6. The van der Waals surface area contributed by atoms with Gasteiger partial charge in [-0.2, -0.15) is 16.9 Å². The van der Waals surface area contributed by atoms with Crippen LogP contribution in [0.4, 0.5) is 0 Å². The van der Waals surface area contributed by atoms with Crippen molar-refractivity contribution in [2.24, 2.45) is 0 Å². The Balaban J connectivity index is 1.97. The number of aromatic nitrogens is 2. The molecular formula is C14H24BrN3S. The van der Waals surface area contributed by atoms with E-state index in [0.29, 0.717) is 4.75 Å². The third-order valence-corrected chi connectivity index (χ3v) is 6.24. The van der Waals surface area contributed by atoms with E-state index < -0.39 is 0 Å². The first-order valence-electron chi connectivity index (χ1n) is 7.18. The second-order valence-electron chi connectivity index (χ2n) is 5.38. The minimum Gasteiger partial charge on any atom is -0.310 e. The Morgan fingerprint density at radius 3 is 2.84 bits per heavy atom. The molecule has 1 aromatic heterocycles. The molecule has 1 aromatic rings. The fourth-order valence-electron chi connectivity index (χ4n) is 2.61. The molecule has 0 saturated carbocycles. The average molecular weight is 346 g/mol. The summed E-state index contributed by atoms with van der Waals surface area (Å²) in [4.78, 5) is 0. The van der Waals surface area contributed by atoms with Gasteiger partial charge in [0.25, 0.3) is 0 Å². The molecule has 2 heterocycles. The number of halogens is 1. The summed E-state index contributed by atoms with van der Waals surface area (Å²) in [7, 11) is 0. The first-order chi connectivity index (χ1) is 9.09. The van der Waals surface area contributed by atoms with Crippen molar-refractivity contribution < 1.29 is 0 Å². The molecule has 108 valence electrons. The molecule has 1 atom stereocenters. The van der Waals surface area contributed by atoms with Crippen LogP contribution in [0.15, 0.2) is 4.47 Å². The molecule has 1 unspecified atom stereocenters. The van der Waals surface area contributed by atoms with Gasteiger partial charge in [-0.1, -0.05) is 6.92 Å². The highest BCUT2D eigenvalue weighted by molar-refractivity contribution is 9.10. The first-order valence-corrected chi connectivity index (χ1v) is 8.96. The Kier molecular flexibility index (Phi) is 5.37. The number of hydrogen-bond acceptors (Lipinski definition) is 3. The van der Waals surface area contributed by atoms with Crippen LogP contribution in [0.25, 0.3) is 0 Å². The van der Waals surface area contributed by atoms with Crippen molar-refractivity contribution in [3.63, 3.8) is 0 Å². The van der Waals surface area contributed by atoms with Crippen LogP contribution >= 0.6 is 27.7 Å². The quantitative estimate of drug-likeness (QED) is 0.854. The second kappa shape index (κ2) is 6.64. The third kappa shape index (κ3) is 3.56. The lowest BCUT2D eigenvalue weighted by atomic mass is 10.1. The maximum Gasteiger partial charge on any atom is 0.0767 e. The molecule has 2 rings (SSSR count). The molecule has 0 bridgehead atoms. The van der Waals surface area contributed by atoms with Crippen molar-refractivity contribution in [1.82, 2.24) is 15.1 Å². The summed E-state index contributed by atoms with van der Waals surface area (Å²) in [5, 5.41) is 8.26. The molecule has 1 N–H and O–H groups in total. The van der Waals surface area contributed by atoms with Crippen LogP contribution in [0, 0.1) is 0 Å². The molecule has 1 aliphatic rings. The third-order valence-electron chi connectivity index (χ3n) is 3.79. The fraction of sp³-hybridized carbons (Fsp3) is 0.786. The Morgan fingerprint density at radius 2 is 2.26 bits per heavy atom. The molecule has 1 saturated heterocycles. The number of nitrogens with zero attached hydrogens (tertiary/aromatic N) is 2. The minimum atomic E-state index is 0.428. The van der Waals surface area contributed by atoms with E-state index >= 15 is 0 Å². The topological polar surface area (TPSA) is 29.9 Å². The molecule has 0 amide bonds. The summed E-state index contributed by atoms with van der Waals surface area (Å²) >= 11 is 5.81. The highest BCUT2D eigenvalue weighted by atomic mass is 79.9. The number of hydrogen-bond donors (Lipinski definition) is 1. The number of nitrogens with one attached hydrogen (secondary N) is 1. The minimum absolute atomic E-state index is 0.428. The molecule has 19 heavy (non-hydrogen) atoms. The zero-order valence-electron chi connectivity index (χ0n) is 12.1. The lowest BCUT2D eigenvalue weighted by Gasteiger charge is -2.23. The van der Waals surface area contributed by atoms with Gasteiger partial charge in [0.2, 0.25) is 0 Å². The predicted molar refractivity (Wildman–Crippen MR) is 86.8 cm³/mol. The second-order valence-corrected chi connectivity index (χ2v) is 7.86. The summed E-state index contributed by atoms with van der Waals surface area (Å²) < 4.78 is 3.73. The van der Waals surface area contributed by atoms with Crippen molar-refractivity contribution in [3.05, 3.63) is 15.9 Å². The Morgan fingerprint density at radius 1 is 1.47 bits per heavy atom. The normalized spacial score (nSPS) is 23.2. The van der Waals surface area contributed by atoms with Gasteiger partial charge in [-0.15, -0.1) is 0 Å². The number of thioether (sulfide) groups is 1. The van der Waals surface area contributed by atoms with E-state index in [1.165, 1.54) is 34.5 Å². The Labute approximate surface area is 129 Å². The molecule has 0 spiro atoms. The average Bonchev–Trinajstić information content (AvgIpc) is 2.95. The summed E-state index contributed by atoms with van der Waals surface area (Å²) in [5.41, 5.74) is 2.45. The fourth-order valence-corrected chi connectivity index (χ4v) is 4.59. The van der Waals surface area contributed by atoms with Crippen LogP contribution in [0.1, 0.15) is 45.0 Å². The molecule has 1 aliphatic heterocycles. The van der Waals surface area contributed by atoms with E-state index in [1.54, 1.807) is 0 Å². The lowest BCUT2D eigenvalue weighted by Crippen LogP contribution is -2.33. The van der Waals surface area contributed by atoms with Crippen LogP contribution in [-0.2, 0) is 19.5 Å². The molecule has 3 nitrogen and oxygen atoms in total. The van der Waals surface area contributed by atoms with Gasteiger partial charge in [-0.3, -0.25) is 4.68 Å². The van der Waals surface area contributed by atoms with Gasteiger partial charge in [-0.25, -0.2) is 0 Å². The van der Waals surface area contributed by atoms with E-state index in [4.69, 9.17) is 0 Å². The van der Waals surface area contributed by atoms with Gasteiger partial charge < -0.3 is 5.32 Å². The molecule has 1 fully saturated rings. The standard InChI is InChI=1S/C14H24BrN3S/c1-4-11-13(15)12(18(5-2)17-11)9-16-10-14(3)7-6-8-19-14/h16H,4-10H2,1-3H3. The van der Waals surface area contributed by atoms with Crippen LogP contribution in [0.5, 0.6) is 0 Å². The monoisotopic (exact) mass is 345 g/mol. The Bertz CT molecular complexity index is 425. The van der Waals surface area contributed by atoms with Crippen LogP contribution < -0.4 is 5.32 Å². The maximum atomic E-state index is 4.64. The van der Waals surface area contributed by atoms with Crippen LogP contribution in [-0.4, -0.2) is 26.8 Å². The summed E-state index contributed by atoms with van der Waals surface area (Å²) in [6.45, 7) is 9.60. The highest BCUT2D eigenvalue weighted by Gasteiger charge is 2.29. The maximum absolute atomic E-state index is 4.64. The zero-order chi connectivity index (χ0) is 13.9. The molecule has 0 radical (unpaired) electrons. The van der Waals surface area contributed by atoms with Crippen molar-refractivity contribution in [3.8, 4) is 0 Å². The molecular weight excluding hydrogens is 322 g/mol. The largest absolute Gasteiger partial charge is 0.310 e. The first kappa shape index (κ1) is 15.4. The molecule has 0 aromatic carbocycles.